The lowest BCUT2D eigenvalue weighted by Gasteiger charge is -2.51. The Morgan fingerprint density at radius 2 is 0.849 bits per heavy atom. The number of fused-ring (bicyclic) bond motifs is 2. The summed E-state index contributed by atoms with van der Waals surface area (Å²) in [6.45, 7) is 0.427. The van der Waals surface area contributed by atoms with Crippen molar-refractivity contribution in [3.63, 3.8) is 0 Å². The Morgan fingerprint density at radius 1 is 0.528 bits per heavy atom. The van der Waals surface area contributed by atoms with Gasteiger partial charge in [-0.05, 0) is 47.9 Å². The van der Waals surface area contributed by atoms with Gasteiger partial charge >= 0.3 is 0 Å². The number of benzene rings is 4. The molecule has 8 rings (SSSR count). The number of hydroxylamine groups is 6. The van der Waals surface area contributed by atoms with Crippen molar-refractivity contribution in [2.24, 2.45) is 11.8 Å². The molecule has 2 amide bonds. The van der Waals surface area contributed by atoms with Crippen molar-refractivity contribution in [3.05, 3.63) is 154 Å². The smallest absolute Gasteiger partial charge is 0.279 e. The molecule has 8 atom stereocenters. The molecule has 53 heavy (non-hydrogen) atoms. The van der Waals surface area contributed by atoms with Crippen LogP contribution in [0.5, 0.6) is 0 Å². The molecule has 4 fully saturated rings. The van der Waals surface area contributed by atoms with Gasteiger partial charge in [-0.15, -0.1) is 0 Å². The highest BCUT2D eigenvalue weighted by molar-refractivity contribution is 5.82. The normalized spacial score (nSPS) is 30.3. The van der Waals surface area contributed by atoms with Gasteiger partial charge in [0.25, 0.3) is 11.8 Å². The van der Waals surface area contributed by atoms with Crippen molar-refractivity contribution >= 4 is 11.8 Å². The monoisotopic (exact) mass is 712 g/mol. The average molecular weight is 713 g/mol. The average Bonchev–Trinajstić information content (AvgIpc) is 3.98. The van der Waals surface area contributed by atoms with Crippen molar-refractivity contribution in [1.82, 2.24) is 10.6 Å². The molecule has 2 N–H and O–H groups in total. The minimum atomic E-state index is -0.727. The number of rotatable bonds is 12. The highest BCUT2D eigenvalue weighted by atomic mass is 16.6. The highest BCUT2D eigenvalue weighted by Crippen LogP contribution is 2.49. The van der Waals surface area contributed by atoms with Crippen LogP contribution in [0.4, 0.5) is 0 Å². The number of carbonyl (C=O) groups is 2. The SMILES string of the molecule is O=C(NC(c1ccccc1)c1ccccc1)[C@@H]1C[C@@H]2CCC[C@@H]2[N@@+]1([O-])CCC[N@@+]1([O-])[C@H](C(=O)NC(c2ccccc2)c2ccccc2)C[C@@H]2CCC[C@@H]21. The summed E-state index contributed by atoms with van der Waals surface area (Å²) in [6.07, 6.45) is 7.09. The molecule has 8 heteroatoms. The number of nitrogens with one attached hydrogen (secondary N) is 2. The fraction of sp³-hybridized carbons (Fsp3) is 0.422. The fourth-order valence-corrected chi connectivity index (χ4v) is 10.7. The molecule has 2 saturated heterocycles. The van der Waals surface area contributed by atoms with Gasteiger partial charge in [0.05, 0.1) is 37.3 Å². The molecule has 2 aliphatic heterocycles. The van der Waals surface area contributed by atoms with Gasteiger partial charge < -0.3 is 30.3 Å². The first-order chi connectivity index (χ1) is 25.8. The van der Waals surface area contributed by atoms with Gasteiger partial charge in [-0.3, -0.25) is 9.59 Å². The number of hydrogen-bond donors (Lipinski definition) is 2. The number of nitrogens with zero attached hydrogens (tertiary/aromatic N) is 2. The molecule has 0 bridgehead atoms. The molecule has 276 valence electrons. The molecule has 0 radical (unpaired) electrons. The highest BCUT2D eigenvalue weighted by Gasteiger charge is 2.57. The van der Waals surface area contributed by atoms with E-state index in [1.54, 1.807) is 0 Å². The van der Waals surface area contributed by atoms with E-state index in [-0.39, 0.29) is 60.9 Å². The topological polar surface area (TPSA) is 104 Å². The number of carbonyl (C=O) groups excluding carboxylic acids is 2. The summed E-state index contributed by atoms with van der Waals surface area (Å²) in [7, 11) is 0. The third-order valence-electron chi connectivity index (χ3n) is 13.2. The van der Waals surface area contributed by atoms with Crippen LogP contribution in [0.3, 0.4) is 0 Å². The van der Waals surface area contributed by atoms with Gasteiger partial charge in [0, 0.05) is 43.9 Å². The molecule has 4 aliphatic rings. The number of amides is 2. The van der Waals surface area contributed by atoms with Gasteiger partial charge in [-0.25, -0.2) is 0 Å². The van der Waals surface area contributed by atoms with Crippen LogP contribution >= 0.6 is 0 Å². The Labute approximate surface area is 313 Å². The summed E-state index contributed by atoms with van der Waals surface area (Å²) in [5, 5.41) is 37.0. The van der Waals surface area contributed by atoms with Crippen LogP contribution in [0, 0.1) is 22.3 Å². The van der Waals surface area contributed by atoms with Crippen LogP contribution in [0.25, 0.3) is 0 Å². The van der Waals surface area contributed by atoms with Crippen LogP contribution < -0.4 is 10.6 Å². The van der Waals surface area contributed by atoms with Gasteiger partial charge in [-0.2, -0.15) is 0 Å². The summed E-state index contributed by atoms with van der Waals surface area (Å²) >= 11 is 0. The molecule has 0 spiro atoms. The molecule has 2 saturated carbocycles. The van der Waals surface area contributed by atoms with E-state index in [4.69, 9.17) is 0 Å². The second kappa shape index (κ2) is 15.2. The van der Waals surface area contributed by atoms with E-state index in [0.29, 0.717) is 19.3 Å². The van der Waals surface area contributed by atoms with Crippen molar-refractivity contribution in [1.29, 1.82) is 0 Å². The molecule has 2 heterocycles. The summed E-state index contributed by atoms with van der Waals surface area (Å²) in [5.41, 5.74) is 3.88. The van der Waals surface area contributed by atoms with Crippen LogP contribution in [-0.2, 0) is 9.59 Å². The van der Waals surface area contributed by atoms with E-state index < -0.39 is 21.4 Å². The Hall–Kier alpha value is -4.34. The zero-order valence-corrected chi connectivity index (χ0v) is 30.5. The molecule has 2 aliphatic carbocycles. The standard InChI is InChI=1S/C45H52N4O4/c50-44(46-42(32-16-5-1-6-17-32)33-18-7-2-8-19-33)40-30-36-24-13-26-38(36)48(40,52)28-15-29-49(53)39-27-14-25-37(39)31-41(49)45(51)47-43(34-20-9-3-10-21-34)35-22-11-4-12-23-35/h1-12,16-23,36-43H,13-15,24-31H2,(H,46,50)(H,47,51)/t36-,37-,38-,39-,40-,41-,48-,49-/m0/s1. The van der Waals surface area contributed by atoms with Gasteiger partial charge in [0.2, 0.25) is 0 Å². The maximum Gasteiger partial charge on any atom is 0.279 e. The molecule has 0 aromatic heterocycles. The predicted octanol–water partition coefficient (Wildman–Crippen LogP) is 7.70. The van der Waals surface area contributed by atoms with Crippen molar-refractivity contribution in [2.45, 2.75) is 94.0 Å². The second-order valence-electron chi connectivity index (χ2n) is 16.1. The predicted molar refractivity (Wildman–Crippen MR) is 206 cm³/mol. The van der Waals surface area contributed by atoms with Gasteiger partial charge in [0.15, 0.2) is 12.1 Å². The molecular formula is C45H52N4O4. The quantitative estimate of drug-likeness (QED) is 0.116. The number of likely N-dealkylation sites (tertiary alicyclic amines) is 2. The lowest BCUT2D eigenvalue weighted by atomic mass is 9.97. The van der Waals surface area contributed by atoms with Crippen LogP contribution in [0.2, 0.25) is 0 Å². The third kappa shape index (κ3) is 6.94. The fourth-order valence-electron chi connectivity index (χ4n) is 10.7. The van der Waals surface area contributed by atoms with Crippen molar-refractivity contribution in [3.8, 4) is 0 Å². The maximum absolute atomic E-state index is 15.2. The Bertz CT molecular complexity index is 1630. The first-order valence-electron chi connectivity index (χ1n) is 19.8. The van der Waals surface area contributed by atoms with E-state index in [9.17, 15) is 9.59 Å². The summed E-state index contributed by atoms with van der Waals surface area (Å²) in [5.74, 6) is 0.00603. The lowest BCUT2D eigenvalue weighted by Crippen LogP contribution is -2.61. The molecular weight excluding hydrogens is 661 g/mol. The maximum atomic E-state index is 15.2. The lowest BCUT2D eigenvalue weighted by molar-refractivity contribution is -0.926. The summed E-state index contributed by atoms with van der Waals surface area (Å²) < 4.78 is -1.14. The third-order valence-corrected chi connectivity index (χ3v) is 13.2. The minimum Gasteiger partial charge on any atom is -0.632 e. The van der Waals surface area contributed by atoms with Gasteiger partial charge in [0.1, 0.15) is 0 Å². The summed E-state index contributed by atoms with van der Waals surface area (Å²) in [4.78, 5) is 28.6. The Balaban J connectivity index is 1.01. The molecule has 0 unspecified atom stereocenters. The number of quaternary nitrogens is 2. The van der Waals surface area contributed by atoms with E-state index in [0.717, 1.165) is 60.8 Å². The van der Waals surface area contributed by atoms with Gasteiger partial charge in [-0.1, -0.05) is 121 Å². The van der Waals surface area contributed by atoms with Crippen molar-refractivity contribution in [2.75, 3.05) is 13.1 Å². The largest absolute Gasteiger partial charge is 0.632 e. The first kappa shape index (κ1) is 35.7. The van der Waals surface area contributed by atoms with Crippen LogP contribution in [0.1, 0.15) is 92.1 Å². The summed E-state index contributed by atoms with van der Waals surface area (Å²) in [6, 6.07) is 37.3. The van der Waals surface area contributed by atoms with E-state index in [2.05, 4.69) is 10.6 Å². The van der Waals surface area contributed by atoms with Crippen LogP contribution in [0.15, 0.2) is 121 Å². The zero-order chi connectivity index (χ0) is 36.4. The molecule has 4 aromatic carbocycles. The van der Waals surface area contributed by atoms with E-state index in [1.165, 1.54) is 0 Å². The second-order valence-corrected chi connectivity index (χ2v) is 16.1. The van der Waals surface area contributed by atoms with E-state index >= 15 is 10.4 Å². The Morgan fingerprint density at radius 3 is 1.17 bits per heavy atom. The van der Waals surface area contributed by atoms with Crippen LogP contribution in [-0.4, -0.2) is 58.4 Å². The van der Waals surface area contributed by atoms with Crippen molar-refractivity contribution < 1.29 is 18.9 Å². The minimum absolute atomic E-state index is 0.132. The molecule has 8 nitrogen and oxygen atoms in total. The number of hydrogen-bond acceptors (Lipinski definition) is 4. The Kier molecular flexibility index (Phi) is 10.2. The molecule has 4 aromatic rings. The van der Waals surface area contributed by atoms with E-state index in [1.807, 2.05) is 121 Å². The zero-order valence-electron chi connectivity index (χ0n) is 30.5. The first-order valence-corrected chi connectivity index (χ1v) is 19.8.